The molecule has 0 saturated carbocycles. The number of amides is 2. The van der Waals surface area contributed by atoms with Gasteiger partial charge < -0.3 is 9.30 Å². The molecular weight excluding hydrogens is 493 g/mol. The molecule has 178 valence electrons. The van der Waals surface area contributed by atoms with Crippen LogP contribution in [-0.2, 0) is 14.3 Å². The van der Waals surface area contributed by atoms with Gasteiger partial charge in [0.2, 0.25) is 0 Å². The van der Waals surface area contributed by atoms with E-state index in [2.05, 4.69) is 5.32 Å². The SMILES string of the molecule is COC(=O)c1ccccc1-n1c(C)cc(/C=C2\C(=O)NC(=S)N(c3ccc(F)c(Cl)c3)C2=O)c1C. The molecular formula is C25H19ClFN3O4S. The largest absolute Gasteiger partial charge is 0.465 e. The number of halogens is 2. The summed E-state index contributed by atoms with van der Waals surface area (Å²) in [6.07, 6.45) is 1.46. The summed E-state index contributed by atoms with van der Waals surface area (Å²) in [5, 5.41) is 2.16. The average molecular weight is 512 g/mol. The van der Waals surface area contributed by atoms with Gasteiger partial charge in [0, 0.05) is 11.4 Å². The van der Waals surface area contributed by atoms with E-state index in [1.165, 1.54) is 25.3 Å². The maximum Gasteiger partial charge on any atom is 0.339 e. The van der Waals surface area contributed by atoms with Crippen molar-refractivity contribution < 1.29 is 23.5 Å². The number of benzene rings is 2. The van der Waals surface area contributed by atoms with Gasteiger partial charge >= 0.3 is 5.97 Å². The molecule has 4 rings (SSSR count). The van der Waals surface area contributed by atoms with Crippen LogP contribution in [0.4, 0.5) is 10.1 Å². The zero-order valence-corrected chi connectivity index (χ0v) is 20.5. The minimum Gasteiger partial charge on any atom is -0.465 e. The first-order chi connectivity index (χ1) is 16.6. The molecule has 0 bridgehead atoms. The molecule has 1 fully saturated rings. The molecule has 10 heteroatoms. The van der Waals surface area contributed by atoms with Crippen molar-refractivity contribution in [3.63, 3.8) is 0 Å². The molecule has 1 aromatic heterocycles. The number of aromatic nitrogens is 1. The average Bonchev–Trinajstić information content (AvgIpc) is 3.10. The summed E-state index contributed by atoms with van der Waals surface area (Å²) < 4.78 is 20.4. The fourth-order valence-electron chi connectivity index (χ4n) is 3.93. The first kappa shape index (κ1) is 24.3. The van der Waals surface area contributed by atoms with Crippen molar-refractivity contribution in [3.05, 3.63) is 87.5 Å². The Balaban J connectivity index is 1.79. The lowest BCUT2D eigenvalue weighted by Crippen LogP contribution is -2.54. The number of carbonyl (C=O) groups excluding carboxylic acids is 3. The maximum absolute atomic E-state index is 13.6. The number of methoxy groups -OCH3 is 1. The van der Waals surface area contributed by atoms with Crippen LogP contribution in [0.5, 0.6) is 0 Å². The van der Waals surface area contributed by atoms with Crippen molar-refractivity contribution in [2.75, 3.05) is 12.0 Å². The highest BCUT2D eigenvalue weighted by molar-refractivity contribution is 7.80. The third-order valence-corrected chi connectivity index (χ3v) is 6.16. The van der Waals surface area contributed by atoms with Crippen molar-refractivity contribution in [2.24, 2.45) is 0 Å². The molecule has 0 atom stereocenters. The van der Waals surface area contributed by atoms with Gasteiger partial charge in [-0.15, -0.1) is 0 Å². The number of hydrogen-bond donors (Lipinski definition) is 1. The zero-order chi connectivity index (χ0) is 25.4. The zero-order valence-electron chi connectivity index (χ0n) is 18.9. The molecule has 0 unspecified atom stereocenters. The Bertz CT molecular complexity index is 1450. The Kier molecular flexibility index (Phi) is 6.56. The monoisotopic (exact) mass is 511 g/mol. The van der Waals surface area contributed by atoms with E-state index in [4.69, 9.17) is 28.6 Å². The van der Waals surface area contributed by atoms with Crippen LogP contribution in [0, 0.1) is 19.7 Å². The lowest BCUT2D eigenvalue weighted by molar-refractivity contribution is -0.122. The van der Waals surface area contributed by atoms with E-state index in [0.29, 0.717) is 22.5 Å². The number of ether oxygens (including phenoxy) is 1. The summed E-state index contributed by atoms with van der Waals surface area (Å²) in [6, 6.07) is 12.5. The summed E-state index contributed by atoms with van der Waals surface area (Å²) in [4.78, 5) is 39.4. The predicted octanol–water partition coefficient (Wildman–Crippen LogP) is 4.50. The number of carbonyl (C=O) groups is 3. The second-order valence-corrected chi connectivity index (χ2v) is 8.52. The molecule has 0 aliphatic carbocycles. The quantitative estimate of drug-likeness (QED) is 0.241. The van der Waals surface area contributed by atoms with Crippen molar-refractivity contribution >= 4 is 58.5 Å². The van der Waals surface area contributed by atoms with Gasteiger partial charge in [-0.25, -0.2) is 9.18 Å². The van der Waals surface area contributed by atoms with E-state index in [9.17, 15) is 18.8 Å². The molecule has 1 aliphatic heterocycles. The Morgan fingerprint density at radius 1 is 1.14 bits per heavy atom. The fraction of sp³-hybridized carbons (Fsp3) is 0.120. The second-order valence-electron chi connectivity index (χ2n) is 7.73. The van der Waals surface area contributed by atoms with E-state index in [-0.39, 0.29) is 21.4 Å². The molecule has 2 amide bonds. The second kappa shape index (κ2) is 9.44. The van der Waals surface area contributed by atoms with E-state index in [1.54, 1.807) is 37.3 Å². The number of para-hydroxylation sites is 1. The number of anilines is 1. The first-order valence-electron chi connectivity index (χ1n) is 10.4. The van der Waals surface area contributed by atoms with Crippen LogP contribution >= 0.6 is 23.8 Å². The minimum absolute atomic E-state index is 0.141. The van der Waals surface area contributed by atoms with Gasteiger partial charge in [-0.05, 0) is 74.1 Å². The molecule has 1 aliphatic rings. The molecule has 0 radical (unpaired) electrons. The van der Waals surface area contributed by atoms with Crippen molar-refractivity contribution in [1.29, 1.82) is 0 Å². The van der Waals surface area contributed by atoms with E-state index in [1.807, 2.05) is 11.5 Å². The minimum atomic E-state index is -0.679. The van der Waals surface area contributed by atoms with Crippen LogP contribution in [0.3, 0.4) is 0 Å². The highest BCUT2D eigenvalue weighted by atomic mass is 35.5. The molecule has 1 saturated heterocycles. The van der Waals surface area contributed by atoms with Crippen molar-refractivity contribution in [3.8, 4) is 5.69 Å². The lowest BCUT2D eigenvalue weighted by atomic mass is 10.1. The van der Waals surface area contributed by atoms with Crippen LogP contribution in [-0.4, -0.2) is 34.6 Å². The van der Waals surface area contributed by atoms with Crippen molar-refractivity contribution in [1.82, 2.24) is 9.88 Å². The van der Waals surface area contributed by atoms with Gasteiger partial charge in [-0.1, -0.05) is 23.7 Å². The molecule has 2 heterocycles. The number of aryl methyl sites for hydroxylation is 1. The summed E-state index contributed by atoms with van der Waals surface area (Å²) >= 11 is 11.1. The third-order valence-electron chi connectivity index (χ3n) is 5.58. The number of esters is 1. The Hall–Kier alpha value is -3.82. The van der Waals surface area contributed by atoms with Gasteiger partial charge in [0.25, 0.3) is 11.8 Å². The topological polar surface area (TPSA) is 80.6 Å². The van der Waals surface area contributed by atoms with Gasteiger partial charge in [0.15, 0.2) is 5.11 Å². The summed E-state index contributed by atoms with van der Waals surface area (Å²) in [7, 11) is 1.31. The van der Waals surface area contributed by atoms with Crippen LogP contribution in [0.1, 0.15) is 27.3 Å². The molecule has 3 aromatic rings. The van der Waals surface area contributed by atoms with Crippen LogP contribution < -0.4 is 10.2 Å². The maximum atomic E-state index is 13.6. The van der Waals surface area contributed by atoms with Crippen LogP contribution in [0.2, 0.25) is 5.02 Å². The lowest BCUT2D eigenvalue weighted by Gasteiger charge is -2.29. The van der Waals surface area contributed by atoms with Gasteiger partial charge in [0.05, 0.1) is 29.1 Å². The van der Waals surface area contributed by atoms with Gasteiger partial charge in [0.1, 0.15) is 11.4 Å². The Morgan fingerprint density at radius 3 is 2.54 bits per heavy atom. The number of nitrogens with one attached hydrogen (secondary N) is 1. The molecule has 2 aromatic carbocycles. The highest BCUT2D eigenvalue weighted by Crippen LogP contribution is 2.29. The van der Waals surface area contributed by atoms with Gasteiger partial charge in [-0.2, -0.15) is 0 Å². The fourth-order valence-corrected chi connectivity index (χ4v) is 4.38. The van der Waals surface area contributed by atoms with Crippen molar-refractivity contribution in [2.45, 2.75) is 13.8 Å². The molecule has 35 heavy (non-hydrogen) atoms. The summed E-state index contributed by atoms with van der Waals surface area (Å²) in [6.45, 7) is 3.65. The standard InChI is InChI=1S/C25H19ClFN3O4S/c1-13-10-15(14(2)29(13)21-7-5-4-6-17(21)24(33)34-3)11-18-22(31)28-25(35)30(23(18)32)16-8-9-20(27)19(26)12-16/h4-12H,1-3H3,(H,28,31,35)/b18-11+. The van der Waals surface area contributed by atoms with E-state index >= 15 is 0 Å². The van der Waals surface area contributed by atoms with E-state index in [0.717, 1.165) is 16.7 Å². The third kappa shape index (κ3) is 4.36. The van der Waals surface area contributed by atoms with Crippen LogP contribution in [0.25, 0.3) is 11.8 Å². The summed E-state index contributed by atoms with van der Waals surface area (Å²) in [5.41, 5.74) is 3.07. The molecule has 1 N–H and O–H groups in total. The van der Waals surface area contributed by atoms with Crippen LogP contribution in [0.15, 0.2) is 54.1 Å². The predicted molar refractivity (Wildman–Crippen MR) is 134 cm³/mol. The smallest absolute Gasteiger partial charge is 0.339 e. The Labute approximate surface area is 210 Å². The number of rotatable bonds is 4. The Morgan fingerprint density at radius 2 is 1.86 bits per heavy atom. The van der Waals surface area contributed by atoms with Gasteiger partial charge in [-0.3, -0.25) is 19.8 Å². The molecule has 0 spiro atoms. The van der Waals surface area contributed by atoms with E-state index < -0.39 is 23.6 Å². The molecule has 7 nitrogen and oxygen atoms in total. The summed E-state index contributed by atoms with van der Waals surface area (Å²) in [5.74, 6) is -2.48. The highest BCUT2D eigenvalue weighted by Gasteiger charge is 2.35. The number of nitrogens with zero attached hydrogens (tertiary/aromatic N) is 2. The number of thiocarbonyl (C=S) groups is 1. The normalized spacial score (nSPS) is 14.9. The first-order valence-corrected chi connectivity index (χ1v) is 11.2. The number of hydrogen-bond acceptors (Lipinski definition) is 5.